The molecule has 0 aromatic heterocycles. The van der Waals surface area contributed by atoms with Gasteiger partial charge in [-0.05, 0) is 80.0 Å². The highest BCUT2D eigenvalue weighted by molar-refractivity contribution is 5.81. The number of nitrogens with one attached hydrogen (secondary N) is 1. The van der Waals surface area contributed by atoms with E-state index in [0.29, 0.717) is 11.5 Å². The van der Waals surface area contributed by atoms with Gasteiger partial charge in [-0.15, -0.1) is 0 Å². The van der Waals surface area contributed by atoms with E-state index in [0.717, 1.165) is 30.6 Å². The molecule has 0 heterocycles. The molecule has 2 aromatic carbocycles. The van der Waals surface area contributed by atoms with E-state index in [9.17, 15) is 4.79 Å². The Morgan fingerprint density at radius 2 is 1.72 bits per heavy atom. The third-order valence-electron chi connectivity index (χ3n) is 5.54. The molecule has 1 N–H and O–H groups in total. The van der Waals surface area contributed by atoms with Gasteiger partial charge >= 0.3 is 0 Å². The Morgan fingerprint density at radius 1 is 1.00 bits per heavy atom. The first kappa shape index (κ1) is 21.0. The number of amides is 1. The molecule has 0 unspecified atom stereocenters. The van der Waals surface area contributed by atoms with Crippen molar-refractivity contribution in [2.75, 3.05) is 14.2 Å². The normalized spacial score (nSPS) is 15.0. The van der Waals surface area contributed by atoms with E-state index in [1.807, 2.05) is 31.2 Å². The number of methoxy groups -OCH3 is 2. The van der Waals surface area contributed by atoms with Crippen molar-refractivity contribution in [2.45, 2.75) is 58.1 Å². The molecule has 0 aliphatic heterocycles. The molecule has 1 amide bonds. The van der Waals surface area contributed by atoms with Crippen molar-refractivity contribution >= 4 is 5.91 Å². The van der Waals surface area contributed by atoms with Gasteiger partial charge in [0.2, 0.25) is 0 Å². The summed E-state index contributed by atoms with van der Waals surface area (Å²) >= 11 is 0. The van der Waals surface area contributed by atoms with Crippen LogP contribution in [0.4, 0.5) is 0 Å². The Morgan fingerprint density at radius 3 is 2.41 bits per heavy atom. The lowest BCUT2D eigenvalue weighted by Crippen LogP contribution is -2.38. The van der Waals surface area contributed by atoms with Crippen molar-refractivity contribution in [3.05, 3.63) is 53.1 Å². The molecule has 0 fully saturated rings. The molecule has 29 heavy (non-hydrogen) atoms. The molecular weight excluding hydrogens is 366 g/mol. The van der Waals surface area contributed by atoms with Crippen molar-refractivity contribution < 1.29 is 19.0 Å². The first-order chi connectivity index (χ1) is 14.0. The van der Waals surface area contributed by atoms with Crippen LogP contribution in [0.3, 0.4) is 0 Å². The van der Waals surface area contributed by atoms with E-state index in [-0.39, 0.29) is 11.9 Å². The van der Waals surface area contributed by atoms with Crippen LogP contribution < -0.4 is 19.5 Å². The van der Waals surface area contributed by atoms with Gasteiger partial charge in [-0.1, -0.05) is 19.1 Å². The Kier molecular flexibility index (Phi) is 7.02. The smallest absolute Gasteiger partial charge is 0.261 e. The van der Waals surface area contributed by atoms with Gasteiger partial charge in [-0.25, -0.2) is 0 Å². The summed E-state index contributed by atoms with van der Waals surface area (Å²) in [6, 6.07) is 11.8. The van der Waals surface area contributed by atoms with Gasteiger partial charge in [0.1, 0.15) is 5.75 Å². The number of fused-ring (bicyclic) bond motifs is 1. The molecule has 0 bridgehead atoms. The molecule has 5 nitrogen and oxygen atoms in total. The molecule has 0 saturated heterocycles. The molecule has 2 aromatic rings. The summed E-state index contributed by atoms with van der Waals surface area (Å²) in [5, 5.41) is 3.09. The quantitative estimate of drug-likeness (QED) is 0.706. The summed E-state index contributed by atoms with van der Waals surface area (Å²) in [5.41, 5.74) is 3.72. The second-order valence-electron chi connectivity index (χ2n) is 7.48. The van der Waals surface area contributed by atoms with E-state index < -0.39 is 6.10 Å². The van der Waals surface area contributed by atoms with Gasteiger partial charge in [0.05, 0.1) is 20.3 Å². The van der Waals surface area contributed by atoms with Crippen molar-refractivity contribution in [1.29, 1.82) is 0 Å². The summed E-state index contributed by atoms with van der Waals surface area (Å²) in [6.45, 7) is 3.83. The van der Waals surface area contributed by atoms with Crippen molar-refractivity contribution in [3.63, 3.8) is 0 Å². The maximum atomic E-state index is 12.8. The molecule has 1 aliphatic rings. The lowest BCUT2D eigenvalue weighted by molar-refractivity contribution is -0.128. The lowest BCUT2D eigenvalue weighted by Gasteiger charge is -2.22. The Labute approximate surface area is 173 Å². The second kappa shape index (κ2) is 9.68. The molecule has 5 heteroatoms. The van der Waals surface area contributed by atoms with Crippen LogP contribution in [0.15, 0.2) is 36.4 Å². The van der Waals surface area contributed by atoms with E-state index in [1.165, 1.54) is 24.0 Å². The number of carbonyl (C=O) groups excluding carboxylic acids is 1. The fourth-order valence-corrected chi connectivity index (χ4v) is 3.82. The van der Waals surface area contributed by atoms with Crippen molar-refractivity contribution in [1.82, 2.24) is 5.32 Å². The number of hydrogen-bond donors (Lipinski definition) is 1. The summed E-state index contributed by atoms with van der Waals surface area (Å²) in [6.07, 6.45) is 4.87. The monoisotopic (exact) mass is 397 g/mol. The van der Waals surface area contributed by atoms with Crippen LogP contribution in [0.5, 0.6) is 17.2 Å². The Hall–Kier alpha value is -2.69. The zero-order valence-corrected chi connectivity index (χ0v) is 17.8. The van der Waals surface area contributed by atoms with Gasteiger partial charge in [0.25, 0.3) is 5.91 Å². The standard InChI is InChI=1S/C24H31NO4/c1-5-21(19-11-13-22(27-3)23(15-19)28-4)25-24(26)16(2)29-20-12-10-17-8-6-7-9-18(17)14-20/h10-16,21H,5-9H2,1-4H3,(H,25,26)/t16-,21+/m1/s1. The summed E-state index contributed by atoms with van der Waals surface area (Å²) in [4.78, 5) is 12.8. The topological polar surface area (TPSA) is 56.8 Å². The van der Waals surface area contributed by atoms with Gasteiger partial charge in [0.15, 0.2) is 17.6 Å². The molecule has 0 saturated carbocycles. The third kappa shape index (κ3) is 5.03. The molecule has 0 radical (unpaired) electrons. The van der Waals surface area contributed by atoms with Gasteiger partial charge in [-0.2, -0.15) is 0 Å². The van der Waals surface area contributed by atoms with Crippen molar-refractivity contribution in [2.24, 2.45) is 0 Å². The molecule has 3 rings (SSSR count). The second-order valence-corrected chi connectivity index (χ2v) is 7.48. The number of benzene rings is 2. The van der Waals surface area contributed by atoms with Gasteiger partial charge in [0, 0.05) is 0 Å². The van der Waals surface area contributed by atoms with Crippen molar-refractivity contribution in [3.8, 4) is 17.2 Å². The summed E-state index contributed by atoms with van der Waals surface area (Å²) < 4.78 is 16.6. The van der Waals surface area contributed by atoms with E-state index in [2.05, 4.69) is 17.4 Å². The van der Waals surface area contributed by atoms with Gasteiger partial charge in [-0.3, -0.25) is 4.79 Å². The SMILES string of the molecule is CC[C@H](NC(=O)[C@@H](C)Oc1ccc2c(c1)CCCC2)c1ccc(OC)c(OC)c1. The number of carbonyl (C=O) groups is 1. The number of rotatable bonds is 8. The fraction of sp³-hybridized carbons (Fsp3) is 0.458. The molecule has 1 aliphatic carbocycles. The third-order valence-corrected chi connectivity index (χ3v) is 5.54. The zero-order chi connectivity index (χ0) is 20.8. The molecular formula is C24H31NO4. The van der Waals surface area contributed by atoms with E-state index in [4.69, 9.17) is 14.2 Å². The van der Waals surface area contributed by atoms with Crippen LogP contribution in [-0.4, -0.2) is 26.2 Å². The fourth-order valence-electron chi connectivity index (χ4n) is 3.82. The largest absolute Gasteiger partial charge is 0.493 e. The highest BCUT2D eigenvalue weighted by atomic mass is 16.5. The average Bonchev–Trinajstić information content (AvgIpc) is 2.76. The number of aryl methyl sites for hydroxylation is 2. The zero-order valence-electron chi connectivity index (χ0n) is 17.8. The van der Waals surface area contributed by atoms with E-state index in [1.54, 1.807) is 21.1 Å². The molecule has 0 spiro atoms. The summed E-state index contributed by atoms with van der Waals surface area (Å²) in [7, 11) is 3.21. The summed E-state index contributed by atoms with van der Waals surface area (Å²) in [5.74, 6) is 1.94. The maximum absolute atomic E-state index is 12.8. The van der Waals surface area contributed by atoms with Crippen LogP contribution >= 0.6 is 0 Å². The van der Waals surface area contributed by atoms with Crippen LogP contribution in [0.1, 0.15) is 55.8 Å². The highest BCUT2D eigenvalue weighted by Crippen LogP contribution is 2.31. The van der Waals surface area contributed by atoms with Crippen LogP contribution in [-0.2, 0) is 17.6 Å². The van der Waals surface area contributed by atoms with Crippen LogP contribution in [0, 0.1) is 0 Å². The Balaban J connectivity index is 1.66. The first-order valence-electron chi connectivity index (χ1n) is 10.4. The molecule has 156 valence electrons. The lowest BCUT2D eigenvalue weighted by atomic mass is 9.92. The highest BCUT2D eigenvalue weighted by Gasteiger charge is 2.21. The van der Waals surface area contributed by atoms with Crippen LogP contribution in [0.2, 0.25) is 0 Å². The van der Waals surface area contributed by atoms with Gasteiger partial charge < -0.3 is 19.5 Å². The Bertz CT molecular complexity index is 849. The minimum Gasteiger partial charge on any atom is -0.493 e. The molecule has 2 atom stereocenters. The first-order valence-corrected chi connectivity index (χ1v) is 10.4. The number of hydrogen-bond acceptors (Lipinski definition) is 4. The maximum Gasteiger partial charge on any atom is 0.261 e. The number of ether oxygens (including phenoxy) is 3. The van der Waals surface area contributed by atoms with E-state index >= 15 is 0 Å². The van der Waals surface area contributed by atoms with Crippen LogP contribution in [0.25, 0.3) is 0 Å². The average molecular weight is 398 g/mol. The predicted molar refractivity (Wildman–Crippen MR) is 114 cm³/mol. The predicted octanol–water partition coefficient (Wildman–Crippen LogP) is 4.62. The minimum absolute atomic E-state index is 0.128. The minimum atomic E-state index is -0.578.